The third-order valence-corrected chi connectivity index (χ3v) is 4.15. The summed E-state index contributed by atoms with van der Waals surface area (Å²) in [6.45, 7) is 9.98. The van der Waals surface area contributed by atoms with Crippen molar-refractivity contribution in [2.45, 2.75) is 45.6 Å². The van der Waals surface area contributed by atoms with Crippen LogP contribution in [0.1, 0.15) is 51.3 Å². The van der Waals surface area contributed by atoms with Crippen LogP contribution in [0.5, 0.6) is 5.75 Å². The van der Waals surface area contributed by atoms with E-state index < -0.39 is 11.7 Å². The van der Waals surface area contributed by atoms with E-state index in [-0.39, 0.29) is 17.7 Å². The van der Waals surface area contributed by atoms with Crippen molar-refractivity contribution in [3.63, 3.8) is 0 Å². The Labute approximate surface area is 161 Å². The molecule has 0 unspecified atom stereocenters. The molecule has 0 saturated heterocycles. The molecule has 0 radical (unpaired) electrons. The Hall–Kier alpha value is -2.93. The number of aromatic hydroxyl groups is 1. The van der Waals surface area contributed by atoms with E-state index in [0.717, 1.165) is 16.7 Å². The first-order chi connectivity index (χ1) is 12.6. The van der Waals surface area contributed by atoms with E-state index in [1.54, 1.807) is 12.1 Å². The quantitative estimate of drug-likeness (QED) is 0.782. The van der Waals surface area contributed by atoms with Crippen molar-refractivity contribution in [2.75, 3.05) is 6.54 Å². The van der Waals surface area contributed by atoms with Gasteiger partial charge in [0.25, 0.3) is 0 Å². The first-order valence-electron chi connectivity index (χ1n) is 8.94. The number of rotatable bonds is 3. The Morgan fingerprint density at radius 3 is 2.00 bits per heavy atom. The normalized spacial score (nSPS) is 11.3. The predicted octanol–water partition coefficient (Wildman–Crippen LogP) is 4.59. The van der Waals surface area contributed by atoms with Crippen LogP contribution in [0.25, 0.3) is 0 Å². The SMILES string of the molecule is CC(C)(C)OC(=O)NCC#Cc1ccc(C(C)(C)c2ccc(O)cc2)cc1. The largest absolute Gasteiger partial charge is 0.508 e. The molecular formula is C23H27NO3. The highest BCUT2D eigenvalue weighted by atomic mass is 16.6. The van der Waals surface area contributed by atoms with Crippen molar-refractivity contribution in [3.05, 3.63) is 65.2 Å². The molecular weight excluding hydrogens is 338 g/mol. The van der Waals surface area contributed by atoms with E-state index in [1.165, 1.54) is 0 Å². The zero-order valence-electron chi connectivity index (χ0n) is 16.6. The Kier molecular flexibility index (Phi) is 6.17. The monoisotopic (exact) mass is 365 g/mol. The van der Waals surface area contributed by atoms with Gasteiger partial charge in [0.1, 0.15) is 11.4 Å². The summed E-state index contributed by atoms with van der Waals surface area (Å²) in [7, 11) is 0. The van der Waals surface area contributed by atoms with E-state index in [1.807, 2.05) is 45.0 Å². The molecule has 0 fully saturated rings. The number of carbonyl (C=O) groups excluding carboxylic acids is 1. The standard InChI is InChI=1S/C23H27NO3/c1-22(2,3)27-21(26)24-16-6-7-17-8-10-18(11-9-17)23(4,5)19-12-14-20(25)15-13-19/h8-15,25H,16H2,1-5H3,(H,24,26). The molecule has 0 aliphatic rings. The molecule has 2 aromatic rings. The van der Waals surface area contributed by atoms with Gasteiger partial charge < -0.3 is 15.2 Å². The molecule has 0 aliphatic carbocycles. The van der Waals surface area contributed by atoms with Gasteiger partial charge in [-0.15, -0.1) is 0 Å². The summed E-state index contributed by atoms with van der Waals surface area (Å²) in [5, 5.41) is 12.1. The second kappa shape index (κ2) is 8.18. The summed E-state index contributed by atoms with van der Waals surface area (Å²) in [6.07, 6.45) is -0.470. The van der Waals surface area contributed by atoms with Crippen LogP contribution >= 0.6 is 0 Å². The Morgan fingerprint density at radius 1 is 0.963 bits per heavy atom. The van der Waals surface area contributed by atoms with Crippen LogP contribution in [0.3, 0.4) is 0 Å². The van der Waals surface area contributed by atoms with Crippen LogP contribution in [0.15, 0.2) is 48.5 Å². The van der Waals surface area contributed by atoms with Crippen LogP contribution in [0, 0.1) is 11.8 Å². The fourth-order valence-electron chi connectivity index (χ4n) is 2.59. The van der Waals surface area contributed by atoms with Crippen LogP contribution in [0.4, 0.5) is 4.79 Å². The highest BCUT2D eigenvalue weighted by Gasteiger charge is 2.22. The number of amides is 1. The Bertz CT molecular complexity index is 832. The van der Waals surface area contributed by atoms with Crippen molar-refractivity contribution in [1.82, 2.24) is 5.32 Å². The van der Waals surface area contributed by atoms with Gasteiger partial charge in [-0.3, -0.25) is 0 Å². The van der Waals surface area contributed by atoms with Crippen molar-refractivity contribution >= 4 is 6.09 Å². The average molecular weight is 365 g/mol. The molecule has 0 saturated carbocycles. The highest BCUT2D eigenvalue weighted by Crippen LogP contribution is 2.32. The van der Waals surface area contributed by atoms with Gasteiger partial charge in [-0.1, -0.05) is 50.0 Å². The average Bonchev–Trinajstić information content (AvgIpc) is 2.58. The first-order valence-corrected chi connectivity index (χ1v) is 8.94. The van der Waals surface area contributed by atoms with Crippen LogP contribution in [-0.4, -0.2) is 23.3 Å². The van der Waals surface area contributed by atoms with Crippen molar-refractivity contribution in [1.29, 1.82) is 0 Å². The maximum absolute atomic E-state index is 11.6. The van der Waals surface area contributed by atoms with Gasteiger partial charge in [0.15, 0.2) is 0 Å². The highest BCUT2D eigenvalue weighted by molar-refractivity contribution is 5.68. The van der Waals surface area contributed by atoms with Gasteiger partial charge in [0.05, 0.1) is 6.54 Å². The molecule has 0 bridgehead atoms. The molecule has 1 amide bonds. The molecule has 142 valence electrons. The molecule has 2 N–H and O–H groups in total. The molecule has 27 heavy (non-hydrogen) atoms. The van der Waals surface area contributed by atoms with Crippen LogP contribution in [-0.2, 0) is 10.2 Å². The number of benzene rings is 2. The Balaban J connectivity index is 1.99. The second-order valence-corrected chi connectivity index (χ2v) is 7.91. The van der Waals surface area contributed by atoms with Crippen molar-refractivity contribution in [2.24, 2.45) is 0 Å². The molecule has 0 atom stereocenters. The summed E-state index contributed by atoms with van der Waals surface area (Å²) in [5.41, 5.74) is 2.47. The second-order valence-electron chi connectivity index (χ2n) is 7.91. The number of ether oxygens (including phenoxy) is 1. The molecule has 4 nitrogen and oxygen atoms in total. The number of nitrogens with one attached hydrogen (secondary N) is 1. The number of carbonyl (C=O) groups is 1. The van der Waals surface area contributed by atoms with E-state index in [2.05, 4.69) is 43.1 Å². The molecule has 0 heterocycles. The lowest BCUT2D eigenvalue weighted by Crippen LogP contribution is -2.32. The summed E-state index contributed by atoms with van der Waals surface area (Å²) >= 11 is 0. The van der Waals surface area contributed by atoms with Crippen molar-refractivity contribution < 1.29 is 14.6 Å². The minimum atomic E-state index is -0.516. The zero-order chi connectivity index (χ0) is 20.1. The molecule has 2 aromatic carbocycles. The van der Waals surface area contributed by atoms with E-state index in [0.29, 0.717) is 0 Å². The lowest BCUT2D eigenvalue weighted by molar-refractivity contribution is 0.0535. The Morgan fingerprint density at radius 2 is 1.48 bits per heavy atom. The lowest BCUT2D eigenvalue weighted by Gasteiger charge is -2.26. The fourth-order valence-corrected chi connectivity index (χ4v) is 2.59. The number of hydrogen-bond donors (Lipinski definition) is 2. The summed E-state index contributed by atoms with van der Waals surface area (Å²) in [6, 6.07) is 15.3. The van der Waals surface area contributed by atoms with Crippen molar-refractivity contribution in [3.8, 4) is 17.6 Å². The zero-order valence-corrected chi connectivity index (χ0v) is 16.6. The third-order valence-electron chi connectivity index (χ3n) is 4.15. The summed E-state index contributed by atoms with van der Waals surface area (Å²) < 4.78 is 5.16. The maximum atomic E-state index is 11.6. The molecule has 4 heteroatoms. The summed E-state index contributed by atoms with van der Waals surface area (Å²) in [5.74, 6) is 6.22. The topological polar surface area (TPSA) is 58.6 Å². The van der Waals surface area contributed by atoms with Gasteiger partial charge >= 0.3 is 6.09 Å². The minimum absolute atomic E-state index is 0.183. The molecule has 0 aliphatic heterocycles. The van der Waals surface area contributed by atoms with Gasteiger partial charge in [-0.05, 0) is 56.2 Å². The van der Waals surface area contributed by atoms with Crippen LogP contribution < -0.4 is 5.32 Å². The molecule has 0 spiro atoms. The lowest BCUT2D eigenvalue weighted by atomic mass is 9.78. The predicted molar refractivity (Wildman–Crippen MR) is 108 cm³/mol. The number of phenols is 1. The van der Waals surface area contributed by atoms with Gasteiger partial charge in [-0.2, -0.15) is 0 Å². The molecule has 2 rings (SSSR count). The van der Waals surface area contributed by atoms with Gasteiger partial charge in [0.2, 0.25) is 0 Å². The smallest absolute Gasteiger partial charge is 0.408 e. The number of hydrogen-bond acceptors (Lipinski definition) is 3. The van der Waals surface area contributed by atoms with E-state index in [4.69, 9.17) is 4.74 Å². The minimum Gasteiger partial charge on any atom is -0.508 e. The first kappa shape index (κ1) is 20.4. The summed E-state index contributed by atoms with van der Waals surface area (Å²) in [4.78, 5) is 11.6. The van der Waals surface area contributed by atoms with Gasteiger partial charge in [0, 0.05) is 11.0 Å². The van der Waals surface area contributed by atoms with E-state index in [9.17, 15) is 9.90 Å². The third kappa shape index (κ3) is 6.07. The van der Waals surface area contributed by atoms with Gasteiger partial charge in [-0.25, -0.2) is 4.79 Å². The van der Waals surface area contributed by atoms with E-state index >= 15 is 0 Å². The van der Waals surface area contributed by atoms with Crippen LogP contribution in [0.2, 0.25) is 0 Å². The maximum Gasteiger partial charge on any atom is 0.408 e. The number of phenolic OH excluding ortho intramolecular Hbond substituents is 1. The fraction of sp³-hybridized carbons (Fsp3) is 0.348. The number of alkyl carbamates (subject to hydrolysis) is 1. The molecule has 0 aromatic heterocycles.